The van der Waals surface area contributed by atoms with E-state index in [0.29, 0.717) is 66.1 Å². The summed E-state index contributed by atoms with van der Waals surface area (Å²) in [5.41, 5.74) is 1.85. The van der Waals surface area contributed by atoms with E-state index in [-0.39, 0.29) is 10.9 Å². The van der Waals surface area contributed by atoms with E-state index in [4.69, 9.17) is 40.4 Å². The number of carboxylic acid groups (broad SMARTS) is 1. The third-order valence-corrected chi connectivity index (χ3v) is 5.93. The van der Waals surface area contributed by atoms with Crippen molar-refractivity contribution in [3.63, 3.8) is 0 Å². The molecule has 4 rings (SSSR count). The van der Waals surface area contributed by atoms with Crippen LogP contribution in [0.1, 0.15) is 34.0 Å². The van der Waals surface area contributed by atoms with E-state index in [0.717, 1.165) is 5.56 Å². The Morgan fingerprint density at radius 3 is 2.62 bits per heavy atom. The highest BCUT2D eigenvalue weighted by Gasteiger charge is 2.27. The molecule has 1 atom stereocenters. The summed E-state index contributed by atoms with van der Waals surface area (Å²) >= 11 is 6.37. The van der Waals surface area contributed by atoms with E-state index in [2.05, 4.69) is 10.3 Å². The number of amides is 1. The number of halogens is 1. The average molecular weight is 529 g/mol. The number of nitrogens with one attached hydrogen (secondary N) is 1. The number of fused-ring (bicyclic) bond motifs is 1. The fourth-order valence-corrected chi connectivity index (χ4v) is 4.04. The van der Waals surface area contributed by atoms with E-state index in [9.17, 15) is 9.59 Å². The molecule has 3 aromatic rings. The summed E-state index contributed by atoms with van der Waals surface area (Å²) in [7, 11) is 3.06. The van der Waals surface area contributed by atoms with Gasteiger partial charge in [-0.1, -0.05) is 11.6 Å². The topological polar surface area (TPSA) is 125 Å². The fourth-order valence-electron chi connectivity index (χ4n) is 3.83. The number of aromatic nitrogens is 1. The highest BCUT2D eigenvalue weighted by Crippen LogP contribution is 2.42. The molecule has 0 radical (unpaired) electrons. The van der Waals surface area contributed by atoms with E-state index in [1.807, 2.05) is 6.07 Å². The first-order chi connectivity index (χ1) is 17.9. The zero-order chi connectivity index (χ0) is 26.4. The lowest BCUT2D eigenvalue weighted by Gasteiger charge is -2.25. The van der Waals surface area contributed by atoms with Gasteiger partial charge in [-0.3, -0.25) is 4.79 Å². The Bertz CT molecular complexity index is 1280. The lowest BCUT2D eigenvalue weighted by Crippen LogP contribution is -2.25. The van der Waals surface area contributed by atoms with Gasteiger partial charge in [-0.05, 0) is 42.8 Å². The number of methoxy groups -OCH3 is 2. The summed E-state index contributed by atoms with van der Waals surface area (Å²) in [6.45, 7) is 0.691. The molecule has 2 N–H and O–H groups in total. The molecule has 1 aromatic heterocycles. The van der Waals surface area contributed by atoms with E-state index in [1.54, 1.807) is 42.5 Å². The van der Waals surface area contributed by atoms with Gasteiger partial charge in [0.2, 0.25) is 11.8 Å². The first-order valence-corrected chi connectivity index (χ1v) is 11.8. The van der Waals surface area contributed by atoms with Gasteiger partial charge in [-0.2, -0.15) is 4.98 Å². The fraction of sp³-hybridized carbons (Fsp3) is 0.269. The van der Waals surface area contributed by atoms with Gasteiger partial charge in [0.05, 0.1) is 25.8 Å². The minimum atomic E-state index is -1.36. The summed E-state index contributed by atoms with van der Waals surface area (Å²) in [6.07, 6.45) is -1.10. The molecule has 2 aromatic carbocycles. The van der Waals surface area contributed by atoms with Gasteiger partial charge in [0.25, 0.3) is 5.91 Å². The molecule has 1 aliphatic heterocycles. The molecular weight excluding hydrogens is 504 g/mol. The third-order valence-electron chi connectivity index (χ3n) is 5.63. The maximum Gasteiger partial charge on any atom is 0.506 e. The van der Waals surface area contributed by atoms with Crippen LogP contribution in [0, 0.1) is 0 Å². The van der Waals surface area contributed by atoms with Crippen molar-refractivity contribution in [1.29, 1.82) is 0 Å². The molecule has 0 saturated heterocycles. The highest BCUT2D eigenvalue weighted by atomic mass is 35.5. The van der Waals surface area contributed by atoms with Crippen LogP contribution in [0.5, 0.6) is 29.0 Å². The van der Waals surface area contributed by atoms with Crippen LogP contribution in [0.15, 0.2) is 48.5 Å². The smallest absolute Gasteiger partial charge is 0.493 e. The van der Waals surface area contributed by atoms with Gasteiger partial charge >= 0.3 is 6.16 Å². The van der Waals surface area contributed by atoms with Crippen LogP contribution in [-0.2, 0) is 11.2 Å². The minimum Gasteiger partial charge on any atom is -0.493 e. The molecule has 2 heterocycles. The number of carbonyl (C=O) groups excluding carboxylic acids is 1. The molecule has 0 spiro atoms. The van der Waals surface area contributed by atoms with Crippen LogP contribution in [0.25, 0.3) is 0 Å². The molecule has 0 aliphatic carbocycles. The number of hydrogen-bond acceptors (Lipinski definition) is 8. The van der Waals surface area contributed by atoms with Crippen molar-refractivity contribution in [3.05, 3.63) is 70.2 Å². The lowest BCUT2D eigenvalue weighted by molar-refractivity contribution is 0.0326. The number of ether oxygens (including phenoxy) is 5. The van der Waals surface area contributed by atoms with Gasteiger partial charge in [0, 0.05) is 41.8 Å². The predicted molar refractivity (Wildman–Crippen MR) is 133 cm³/mol. The van der Waals surface area contributed by atoms with Gasteiger partial charge in [0.15, 0.2) is 0 Å². The van der Waals surface area contributed by atoms with Crippen molar-refractivity contribution in [2.75, 3.05) is 27.4 Å². The third kappa shape index (κ3) is 6.34. The zero-order valence-electron chi connectivity index (χ0n) is 20.2. The Balaban J connectivity index is 1.36. The summed E-state index contributed by atoms with van der Waals surface area (Å²) in [5.74, 6) is 1.89. The SMILES string of the molecule is COc1ccc(CCNC(=O)c2ccc(Oc3cc4c(cc3Cl)C(OC(=O)O)CCO4)cc2)c(OC)n1. The van der Waals surface area contributed by atoms with E-state index >= 15 is 0 Å². The summed E-state index contributed by atoms with van der Waals surface area (Å²) in [6, 6.07) is 13.3. The zero-order valence-corrected chi connectivity index (χ0v) is 20.9. The Labute approximate surface area is 218 Å². The van der Waals surface area contributed by atoms with Crippen LogP contribution >= 0.6 is 11.6 Å². The Morgan fingerprint density at radius 1 is 1.14 bits per heavy atom. The predicted octanol–water partition coefficient (Wildman–Crippen LogP) is 5.04. The second-order valence-corrected chi connectivity index (χ2v) is 8.39. The summed E-state index contributed by atoms with van der Waals surface area (Å²) in [4.78, 5) is 27.8. The number of benzene rings is 2. The Kier molecular flexibility index (Phi) is 8.19. The number of rotatable bonds is 9. The first-order valence-electron chi connectivity index (χ1n) is 11.4. The maximum absolute atomic E-state index is 12.6. The summed E-state index contributed by atoms with van der Waals surface area (Å²) < 4.78 is 26.8. The monoisotopic (exact) mass is 528 g/mol. The number of pyridine rings is 1. The van der Waals surface area contributed by atoms with Gasteiger partial charge in [0.1, 0.15) is 23.4 Å². The Morgan fingerprint density at radius 2 is 1.92 bits per heavy atom. The quantitative estimate of drug-likeness (QED) is 0.367. The molecule has 194 valence electrons. The van der Waals surface area contributed by atoms with Crippen molar-refractivity contribution in [2.24, 2.45) is 0 Å². The van der Waals surface area contributed by atoms with Crippen LogP contribution in [-0.4, -0.2) is 49.5 Å². The number of carbonyl (C=O) groups is 2. The second-order valence-electron chi connectivity index (χ2n) is 7.98. The highest BCUT2D eigenvalue weighted by molar-refractivity contribution is 6.32. The van der Waals surface area contributed by atoms with Gasteiger partial charge < -0.3 is 34.1 Å². The van der Waals surface area contributed by atoms with Gasteiger partial charge in [-0.25, -0.2) is 4.79 Å². The van der Waals surface area contributed by atoms with E-state index < -0.39 is 12.3 Å². The largest absolute Gasteiger partial charge is 0.506 e. The minimum absolute atomic E-state index is 0.239. The van der Waals surface area contributed by atoms with Crippen LogP contribution in [0.3, 0.4) is 0 Å². The van der Waals surface area contributed by atoms with Crippen molar-refractivity contribution in [2.45, 2.75) is 18.9 Å². The van der Waals surface area contributed by atoms with Crippen molar-refractivity contribution < 1.29 is 38.4 Å². The van der Waals surface area contributed by atoms with E-state index in [1.165, 1.54) is 14.2 Å². The molecule has 1 amide bonds. The van der Waals surface area contributed by atoms with Crippen LogP contribution in [0.4, 0.5) is 4.79 Å². The van der Waals surface area contributed by atoms with Crippen molar-refractivity contribution in [3.8, 4) is 29.0 Å². The summed E-state index contributed by atoms with van der Waals surface area (Å²) in [5, 5.41) is 12.1. The second kappa shape index (κ2) is 11.7. The van der Waals surface area contributed by atoms with Crippen LogP contribution in [0.2, 0.25) is 5.02 Å². The normalized spacial score (nSPS) is 14.1. The lowest BCUT2D eigenvalue weighted by atomic mass is 10.0. The maximum atomic E-state index is 12.6. The van der Waals surface area contributed by atoms with Crippen molar-refractivity contribution >= 4 is 23.7 Å². The molecule has 11 heteroatoms. The molecule has 0 fully saturated rings. The molecule has 1 aliphatic rings. The average Bonchev–Trinajstić information content (AvgIpc) is 2.89. The molecule has 37 heavy (non-hydrogen) atoms. The number of hydrogen-bond donors (Lipinski definition) is 2. The molecule has 10 nitrogen and oxygen atoms in total. The number of nitrogens with zero attached hydrogens (tertiary/aromatic N) is 1. The van der Waals surface area contributed by atoms with Gasteiger partial charge in [-0.15, -0.1) is 0 Å². The molecule has 1 unspecified atom stereocenters. The standard InChI is InChI=1S/C26H25ClN2O8/c1-33-23-8-5-16(25(29-23)34-2)9-11-28-24(30)15-3-6-17(7-4-15)36-22-14-21-18(13-19(22)27)20(10-12-35-21)37-26(31)32/h3-8,13-14,20H,9-12H2,1-2H3,(H,28,30)(H,31,32). The molecular formula is C26H25ClN2O8. The molecule has 0 saturated carbocycles. The first kappa shape index (κ1) is 25.9. The Hall–Kier alpha value is -4.18. The molecule has 0 bridgehead atoms. The van der Waals surface area contributed by atoms with Crippen LogP contribution < -0.4 is 24.3 Å². The van der Waals surface area contributed by atoms with Crippen molar-refractivity contribution in [1.82, 2.24) is 10.3 Å².